The molecule has 0 unspecified atom stereocenters. The number of unbranched alkanes of at least 4 members (excludes halogenated alkanes) is 5. The van der Waals surface area contributed by atoms with Crippen LogP contribution in [0.1, 0.15) is 140 Å². The topological polar surface area (TPSA) is 248 Å². The molecule has 3 fully saturated rings. The SMILES string of the molecule is CCCCCCCCS(=O)(=O)O.CC[C@H]1OC(=O)[C@H](C)[C@@H](O[C@H]2C[C@@](C)(OC)[C@@H](O)[C@H](C)O2)[C@@H](C)[C@@H](O[C@@H]2O[C@H](C)C[C@H](N(C)C)[C@H]2O)[C@](C)(O)C[C@@H](C)C(=O)[C@H](C)[C@H](O)[C@]1(C)O. The van der Waals surface area contributed by atoms with Gasteiger partial charge in [0.2, 0.25) is 0 Å². The van der Waals surface area contributed by atoms with Crippen LogP contribution in [0.25, 0.3) is 0 Å². The zero-order valence-corrected chi connectivity index (χ0v) is 41.4. The third-order valence-corrected chi connectivity index (χ3v) is 14.4. The predicted molar refractivity (Wildman–Crippen MR) is 236 cm³/mol. The molecule has 63 heavy (non-hydrogen) atoms. The molecule has 17 nitrogen and oxygen atoms in total. The second kappa shape index (κ2) is 24.6. The summed E-state index contributed by atoms with van der Waals surface area (Å²) in [6.07, 6.45) is -3.57. The van der Waals surface area contributed by atoms with Crippen molar-refractivity contribution in [2.45, 2.75) is 225 Å². The van der Waals surface area contributed by atoms with Crippen LogP contribution in [0.15, 0.2) is 0 Å². The minimum absolute atomic E-state index is 0.0842. The number of cyclic esters (lactones) is 1. The van der Waals surface area contributed by atoms with Crippen LogP contribution < -0.4 is 0 Å². The predicted octanol–water partition coefficient (Wildman–Crippen LogP) is 4.02. The second-order valence-electron chi connectivity index (χ2n) is 19.5. The minimum Gasteiger partial charge on any atom is -0.459 e. The third-order valence-electron chi connectivity index (χ3n) is 13.6. The maximum Gasteiger partial charge on any atom is 0.311 e. The normalized spacial score (nSPS) is 42.5. The fourth-order valence-corrected chi connectivity index (χ4v) is 10.0. The van der Waals surface area contributed by atoms with Gasteiger partial charge in [-0.3, -0.25) is 14.1 Å². The van der Waals surface area contributed by atoms with Gasteiger partial charge in [0.15, 0.2) is 12.6 Å². The number of hydrogen-bond acceptors (Lipinski definition) is 16. The number of likely N-dealkylation sites (N-methyl/N-ethyl adjacent to an activating group) is 1. The molecule has 0 amide bonds. The molecule has 18 atom stereocenters. The van der Waals surface area contributed by atoms with Crippen molar-refractivity contribution in [3.63, 3.8) is 0 Å². The van der Waals surface area contributed by atoms with Crippen LogP contribution in [-0.4, -0.2) is 166 Å². The van der Waals surface area contributed by atoms with E-state index in [0.717, 1.165) is 12.8 Å². The van der Waals surface area contributed by atoms with Crippen LogP contribution in [0.3, 0.4) is 0 Å². The molecule has 0 aromatic rings. The first-order valence-electron chi connectivity index (χ1n) is 23.0. The van der Waals surface area contributed by atoms with E-state index in [-0.39, 0.29) is 37.2 Å². The Labute approximate surface area is 377 Å². The van der Waals surface area contributed by atoms with Gasteiger partial charge < -0.3 is 58.9 Å². The summed E-state index contributed by atoms with van der Waals surface area (Å²) >= 11 is 0. The summed E-state index contributed by atoms with van der Waals surface area (Å²) in [5.74, 6) is -5.06. The molecule has 372 valence electrons. The van der Waals surface area contributed by atoms with Crippen LogP contribution in [0.4, 0.5) is 0 Å². The third kappa shape index (κ3) is 15.9. The average molecular weight is 928 g/mol. The minimum atomic E-state index is -3.72. The zero-order valence-electron chi connectivity index (χ0n) is 40.6. The first-order valence-corrected chi connectivity index (χ1v) is 24.6. The number of carbonyl (C=O) groups excluding carboxylic acids is 2. The standard InChI is InChI=1S/C37H67NO13.C8H18O3S/c1-14-25-37(10,45)30(41)20(4)27(39)18(2)16-35(8,44)32(51-34-28(40)24(38(11)12)15-19(3)47-34)21(5)29(22(6)33(43)49-25)50-26-17-36(9,46-13)31(42)23(7)48-26;1-2-3-4-5-6-7-8-12(9,10)11/h18-26,28-32,34,40-42,44-45H,14-17H2,1-13H3;2-8H2,1H3,(H,9,10,11)/t18-,19-,20+,21-,22-,23+,24+,25-,26+,28-,29+,30+,31+,32-,34+,35-,36-,37-;/m1./s1. The Kier molecular flexibility index (Phi) is 22.5. The van der Waals surface area contributed by atoms with Gasteiger partial charge in [0.1, 0.15) is 29.7 Å². The molecule has 0 aliphatic carbocycles. The highest BCUT2D eigenvalue weighted by Crippen LogP contribution is 2.41. The highest BCUT2D eigenvalue weighted by molar-refractivity contribution is 7.85. The number of ketones is 1. The number of aliphatic hydroxyl groups excluding tert-OH is 3. The van der Waals surface area contributed by atoms with Gasteiger partial charge in [0, 0.05) is 37.3 Å². The molecule has 3 rings (SSSR count). The van der Waals surface area contributed by atoms with E-state index in [4.69, 9.17) is 33.0 Å². The number of carbonyl (C=O) groups is 2. The molecule has 6 N–H and O–H groups in total. The Bertz CT molecular complexity index is 1510. The first-order chi connectivity index (χ1) is 29.0. The van der Waals surface area contributed by atoms with Gasteiger partial charge in [0.25, 0.3) is 10.1 Å². The van der Waals surface area contributed by atoms with E-state index in [0.29, 0.717) is 12.8 Å². The number of Topliss-reactive ketones (excluding diaryl/α,β-unsaturated/α-hetero) is 1. The lowest BCUT2D eigenvalue weighted by Gasteiger charge is -2.49. The van der Waals surface area contributed by atoms with Crippen LogP contribution in [-0.2, 0) is 48.1 Å². The Morgan fingerprint density at radius 1 is 0.825 bits per heavy atom. The molecule has 0 bridgehead atoms. The van der Waals surface area contributed by atoms with Gasteiger partial charge in [-0.2, -0.15) is 8.42 Å². The summed E-state index contributed by atoms with van der Waals surface area (Å²) in [4.78, 5) is 29.8. The number of nitrogens with zero attached hydrogens (tertiary/aromatic N) is 1. The van der Waals surface area contributed by atoms with Crippen molar-refractivity contribution in [2.75, 3.05) is 27.0 Å². The number of rotatable bonds is 14. The van der Waals surface area contributed by atoms with Crippen molar-refractivity contribution >= 4 is 21.9 Å². The van der Waals surface area contributed by atoms with Gasteiger partial charge in [-0.25, -0.2) is 0 Å². The quantitative estimate of drug-likeness (QED) is 0.0818. The Morgan fingerprint density at radius 2 is 1.41 bits per heavy atom. The van der Waals surface area contributed by atoms with Crippen LogP contribution >= 0.6 is 0 Å². The molecule has 0 radical (unpaired) electrons. The van der Waals surface area contributed by atoms with Crippen molar-refractivity contribution in [3.8, 4) is 0 Å². The fraction of sp³-hybridized carbons (Fsp3) is 0.956. The Hall–Kier alpha value is -1.39. The lowest BCUT2D eigenvalue weighted by atomic mass is 9.74. The molecule has 0 saturated carbocycles. The van der Waals surface area contributed by atoms with Gasteiger partial charge in [-0.1, -0.05) is 66.7 Å². The summed E-state index contributed by atoms with van der Waals surface area (Å²) in [7, 11) is 1.46. The van der Waals surface area contributed by atoms with Gasteiger partial charge in [0.05, 0.1) is 53.4 Å². The molecular formula is C45H85NO16S. The van der Waals surface area contributed by atoms with Crippen molar-refractivity contribution < 1.29 is 76.5 Å². The smallest absolute Gasteiger partial charge is 0.311 e. The van der Waals surface area contributed by atoms with E-state index < -0.39 is 118 Å². The zero-order chi connectivity index (χ0) is 48.4. The monoisotopic (exact) mass is 928 g/mol. The van der Waals surface area contributed by atoms with Gasteiger partial charge >= 0.3 is 5.97 Å². The van der Waals surface area contributed by atoms with Gasteiger partial charge in [-0.05, 0) is 81.3 Å². The highest BCUT2D eigenvalue weighted by atomic mass is 32.2. The molecule has 3 heterocycles. The van der Waals surface area contributed by atoms with Crippen LogP contribution in [0.2, 0.25) is 0 Å². The van der Waals surface area contributed by atoms with E-state index in [9.17, 15) is 43.5 Å². The fourth-order valence-electron chi connectivity index (χ4n) is 9.48. The molecule has 0 spiro atoms. The average Bonchev–Trinajstić information content (AvgIpc) is 3.19. The summed E-state index contributed by atoms with van der Waals surface area (Å²) in [6, 6.07) is -0.324. The number of hydrogen-bond donors (Lipinski definition) is 6. The molecule has 3 saturated heterocycles. The number of aliphatic hydroxyl groups is 5. The molecular weight excluding hydrogens is 843 g/mol. The summed E-state index contributed by atoms with van der Waals surface area (Å²) in [5, 5.41) is 57.6. The number of methoxy groups -OCH3 is 1. The Morgan fingerprint density at radius 3 is 1.95 bits per heavy atom. The summed E-state index contributed by atoms with van der Waals surface area (Å²) in [6.45, 7) is 18.5. The van der Waals surface area contributed by atoms with E-state index in [1.54, 1.807) is 41.5 Å². The Balaban J connectivity index is 0.000000988. The molecule has 3 aliphatic rings. The van der Waals surface area contributed by atoms with Crippen molar-refractivity contribution in [3.05, 3.63) is 0 Å². The summed E-state index contributed by atoms with van der Waals surface area (Å²) in [5.41, 5.74) is -4.84. The van der Waals surface area contributed by atoms with Crippen molar-refractivity contribution in [1.82, 2.24) is 4.90 Å². The van der Waals surface area contributed by atoms with E-state index in [2.05, 4.69) is 6.92 Å². The van der Waals surface area contributed by atoms with Crippen molar-refractivity contribution in [1.29, 1.82) is 0 Å². The number of esters is 1. The molecule has 0 aromatic heterocycles. The second-order valence-corrected chi connectivity index (χ2v) is 21.1. The van der Waals surface area contributed by atoms with E-state index in [1.807, 2.05) is 25.9 Å². The first kappa shape index (κ1) is 57.7. The van der Waals surface area contributed by atoms with Gasteiger partial charge in [-0.15, -0.1) is 0 Å². The van der Waals surface area contributed by atoms with Crippen LogP contribution in [0.5, 0.6) is 0 Å². The highest BCUT2D eigenvalue weighted by Gasteiger charge is 2.53. The van der Waals surface area contributed by atoms with E-state index >= 15 is 0 Å². The number of ether oxygens (including phenoxy) is 6. The lowest BCUT2D eigenvalue weighted by Crippen LogP contribution is -2.61. The molecule has 0 aromatic carbocycles. The van der Waals surface area contributed by atoms with E-state index in [1.165, 1.54) is 47.1 Å². The maximum absolute atomic E-state index is 14.1. The largest absolute Gasteiger partial charge is 0.459 e. The lowest BCUT2D eigenvalue weighted by molar-refractivity contribution is -0.318. The maximum atomic E-state index is 14.1. The molecule has 18 heteroatoms. The molecule has 3 aliphatic heterocycles. The summed E-state index contributed by atoms with van der Waals surface area (Å²) < 4.78 is 66.0. The van der Waals surface area contributed by atoms with Crippen LogP contribution in [0, 0.1) is 23.7 Å². The van der Waals surface area contributed by atoms with Crippen molar-refractivity contribution in [2.24, 2.45) is 23.7 Å².